The summed E-state index contributed by atoms with van der Waals surface area (Å²) in [5.41, 5.74) is 0.234. The van der Waals surface area contributed by atoms with Crippen LogP contribution in [0.4, 0.5) is 5.82 Å². The Balaban J connectivity index is 2.86. The fourth-order valence-corrected chi connectivity index (χ4v) is 1.53. The van der Waals surface area contributed by atoms with Gasteiger partial charge in [-0.2, -0.15) is 9.55 Å². The molecular weight excluding hydrogens is 238 g/mol. The molecule has 0 spiro atoms. The number of aryl methyl sites for hydroxylation is 1. The predicted octanol–water partition coefficient (Wildman–Crippen LogP) is 1.32. The average molecular weight is 248 g/mol. The van der Waals surface area contributed by atoms with E-state index in [0.29, 0.717) is 0 Å². The van der Waals surface area contributed by atoms with E-state index >= 15 is 0 Å². The van der Waals surface area contributed by atoms with Crippen molar-refractivity contribution in [2.75, 3.05) is 6.61 Å². The zero-order valence-corrected chi connectivity index (χ0v) is 9.52. The van der Waals surface area contributed by atoms with Gasteiger partial charge in [0.1, 0.15) is 18.8 Å². The minimum Gasteiger partial charge on any atom is -0.462 e. The van der Waals surface area contributed by atoms with Gasteiger partial charge in [0, 0.05) is 6.92 Å². The maximum absolute atomic E-state index is 10.7. The third-order valence-corrected chi connectivity index (χ3v) is 2.14. The van der Waals surface area contributed by atoms with Gasteiger partial charge < -0.3 is 14.9 Å². The number of ether oxygens (including phenoxy) is 1. The molecule has 0 radical (unpaired) electrons. The average Bonchev–Trinajstić information content (AvgIpc) is 2.40. The molecule has 0 aliphatic rings. The standard InChI is InChI=1S/C8H10ClN3O4/c1-5-7(12(14)15)11(8(9)10-5)3-4-16-6(2)13/h3-4H2,1-2H3. The van der Waals surface area contributed by atoms with Gasteiger partial charge in [-0.3, -0.25) is 4.79 Å². The fourth-order valence-electron chi connectivity index (χ4n) is 1.24. The summed E-state index contributed by atoms with van der Waals surface area (Å²) in [6.45, 7) is 2.88. The molecule has 7 nitrogen and oxygen atoms in total. The van der Waals surface area contributed by atoms with Crippen LogP contribution in [0, 0.1) is 17.0 Å². The first-order valence-electron chi connectivity index (χ1n) is 4.44. The molecule has 0 saturated carbocycles. The van der Waals surface area contributed by atoms with E-state index in [1.54, 1.807) is 0 Å². The summed E-state index contributed by atoms with van der Waals surface area (Å²) in [6.07, 6.45) is 0. The number of nitrogens with zero attached hydrogens (tertiary/aromatic N) is 3. The van der Waals surface area contributed by atoms with Gasteiger partial charge in [-0.15, -0.1) is 0 Å². The Hall–Kier alpha value is -1.63. The number of rotatable bonds is 4. The highest BCUT2D eigenvalue weighted by molar-refractivity contribution is 6.28. The summed E-state index contributed by atoms with van der Waals surface area (Å²) in [5.74, 6) is -0.632. The van der Waals surface area contributed by atoms with E-state index < -0.39 is 10.9 Å². The molecule has 8 heteroatoms. The highest BCUT2D eigenvalue weighted by Crippen LogP contribution is 2.22. The topological polar surface area (TPSA) is 87.3 Å². The quantitative estimate of drug-likeness (QED) is 0.455. The molecule has 0 aliphatic heterocycles. The highest BCUT2D eigenvalue weighted by Gasteiger charge is 2.23. The van der Waals surface area contributed by atoms with E-state index in [1.807, 2.05) is 0 Å². The van der Waals surface area contributed by atoms with Crippen LogP contribution < -0.4 is 0 Å². The van der Waals surface area contributed by atoms with Gasteiger partial charge in [-0.05, 0) is 23.4 Å². The van der Waals surface area contributed by atoms with E-state index in [0.717, 1.165) is 0 Å². The third-order valence-electron chi connectivity index (χ3n) is 1.86. The first-order valence-corrected chi connectivity index (χ1v) is 4.81. The van der Waals surface area contributed by atoms with E-state index in [9.17, 15) is 14.9 Å². The molecule has 0 N–H and O–H groups in total. The number of esters is 1. The zero-order chi connectivity index (χ0) is 12.3. The molecule has 0 unspecified atom stereocenters. The van der Waals surface area contributed by atoms with Gasteiger partial charge in [0.05, 0.1) is 0 Å². The Bertz CT molecular complexity index is 429. The Morgan fingerprint density at radius 3 is 2.81 bits per heavy atom. The molecule has 0 aromatic carbocycles. The Labute approximate surface area is 96.1 Å². The van der Waals surface area contributed by atoms with Gasteiger partial charge >= 0.3 is 11.8 Å². The van der Waals surface area contributed by atoms with Crippen molar-refractivity contribution in [2.45, 2.75) is 20.4 Å². The van der Waals surface area contributed by atoms with Crippen LogP contribution >= 0.6 is 11.6 Å². The molecule has 1 heterocycles. The summed E-state index contributed by atoms with van der Waals surface area (Å²) in [4.78, 5) is 24.5. The molecule has 0 bridgehead atoms. The molecule has 1 rings (SSSR count). The van der Waals surface area contributed by atoms with Crippen LogP contribution in [0.25, 0.3) is 0 Å². The molecule has 16 heavy (non-hydrogen) atoms. The number of aromatic nitrogens is 2. The van der Waals surface area contributed by atoms with Crippen LogP contribution in [-0.4, -0.2) is 27.1 Å². The second-order valence-electron chi connectivity index (χ2n) is 3.04. The second kappa shape index (κ2) is 4.93. The van der Waals surface area contributed by atoms with Crippen molar-refractivity contribution in [2.24, 2.45) is 0 Å². The van der Waals surface area contributed by atoms with Crippen LogP contribution in [0.5, 0.6) is 0 Å². The first-order chi connectivity index (χ1) is 7.43. The highest BCUT2D eigenvalue weighted by atomic mass is 35.5. The zero-order valence-electron chi connectivity index (χ0n) is 8.77. The minimum atomic E-state index is -0.567. The Morgan fingerprint density at radius 1 is 1.69 bits per heavy atom. The Morgan fingerprint density at radius 2 is 2.31 bits per heavy atom. The maximum Gasteiger partial charge on any atom is 0.346 e. The lowest BCUT2D eigenvalue weighted by Crippen LogP contribution is -2.11. The SMILES string of the molecule is CC(=O)OCCn1c(Cl)nc(C)c1[N+](=O)[O-]. The van der Waals surface area contributed by atoms with E-state index in [2.05, 4.69) is 9.72 Å². The molecule has 1 aromatic rings. The van der Waals surface area contributed by atoms with Crippen LogP contribution in [0.1, 0.15) is 12.6 Å². The number of carbonyl (C=O) groups excluding carboxylic acids is 1. The molecule has 0 atom stereocenters. The van der Waals surface area contributed by atoms with Gasteiger partial charge in [0.2, 0.25) is 0 Å². The lowest BCUT2D eigenvalue weighted by Gasteiger charge is -2.02. The summed E-state index contributed by atoms with van der Waals surface area (Å²) < 4.78 is 5.87. The Kier molecular flexibility index (Phi) is 3.83. The lowest BCUT2D eigenvalue weighted by atomic mass is 10.5. The molecule has 0 amide bonds. The normalized spacial score (nSPS) is 10.2. The molecule has 88 valence electrons. The van der Waals surface area contributed by atoms with Gasteiger partial charge in [-0.25, -0.2) is 0 Å². The van der Waals surface area contributed by atoms with Crippen LogP contribution in [-0.2, 0) is 16.1 Å². The van der Waals surface area contributed by atoms with Crippen molar-refractivity contribution < 1.29 is 14.5 Å². The fraction of sp³-hybridized carbons (Fsp3) is 0.500. The third kappa shape index (κ3) is 2.69. The number of hydrogen-bond donors (Lipinski definition) is 0. The van der Waals surface area contributed by atoms with Crippen molar-refractivity contribution in [3.8, 4) is 0 Å². The summed E-state index contributed by atoms with van der Waals surface area (Å²) in [7, 11) is 0. The van der Waals surface area contributed by atoms with Crippen molar-refractivity contribution in [1.29, 1.82) is 0 Å². The largest absolute Gasteiger partial charge is 0.462 e. The van der Waals surface area contributed by atoms with Crippen molar-refractivity contribution in [1.82, 2.24) is 9.55 Å². The maximum atomic E-state index is 10.7. The summed E-state index contributed by atoms with van der Waals surface area (Å²) in [5, 5.41) is 10.7. The van der Waals surface area contributed by atoms with Gasteiger partial charge in [0.25, 0.3) is 5.28 Å². The number of halogens is 1. The van der Waals surface area contributed by atoms with Crippen molar-refractivity contribution >= 4 is 23.4 Å². The monoisotopic (exact) mass is 247 g/mol. The van der Waals surface area contributed by atoms with Crippen LogP contribution in [0.3, 0.4) is 0 Å². The van der Waals surface area contributed by atoms with E-state index in [1.165, 1.54) is 18.4 Å². The second-order valence-corrected chi connectivity index (χ2v) is 3.38. The summed E-state index contributed by atoms with van der Waals surface area (Å²) in [6, 6.07) is 0. The van der Waals surface area contributed by atoms with Gasteiger partial charge in [0.15, 0.2) is 0 Å². The summed E-state index contributed by atoms with van der Waals surface area (Å²) >= 11 is 5.72. The number of hydrogen-bond acceptors (Lipinski definition) is 5. The molecule has 0 aliphatic carbocycles. The molecule has 1 aromatic heterocycles. The number of carbonyl (C=O) groups is 1. The predicted molar refractivity (Wildman–Crippen MR) is 55.3 cm³/mol. The van der Waals surface area contributed by atoms with Crippen molar-refractivity contribution in [3.05, 3.63) is 21.1 Å². The number of imidazole rings is 1. The lowest BCUT2D eigenvalue weighted by molar-refractivity contribution is -0.392. The van der Waals surface area contributed by atoms with Gasteiger partial charge in [-0.1, -0.05) is 0 Å². The molecule has 0 fully saturated rings. The van der Waals surface area contributed by atoms with Crippen LogP contribution in [0.15, 0.2) is 0 Å². The minimum absolute atomic E-state index is 0.0105. The first kappa shape index (κ1) is 12.4. The van der Waals surface area contributed by atoms with E-state index in [-0.39, 0.29) is 29.9 Å². The molecular formula is C8H10ClN3O4. The van der Waals surface area contributed by atoms with Crippen molar-refractivity contribution in [3.63, 3.8) is 0 Å². The smallest absolute Gasteiger partial charge is 0.346 e. The number of nitro groups is 1. The molecule has 0 saturated heterocycles. The van der Waals surface area contributed by atoms with Crippen LogP contribution in [0.2, 0.25) is 5.28 Å². The van der Waals surface area contributed by atoms with E-state index in [4.69, 9.17) is 11.6 Å².